The van der Waals surface area contributed by atoms with Gasteiger partial charge in [-0.15, -0.1) is 24.8 Å². The number of piperidine rings is 1. The van der Waals surface area contributed by atoms with E-state index in [1.54, 1.807) is 0 Å². The van der Waals surface area contributed by atoms with Gasteiger partial charge in [0, 0.05) is 13.0 Å². The molecule has 1 fully saturated rings. The lowest BCUT2D eigenvalue weighted by molar-refractivity contribution is -0.122. The fraction of sp³-hybridized carbons (Fsp3) is 0.588. The molecule has 1 atom stereocenters. The number of hydrogen-bond donors (Lipinski definition) is 2. The van der Waals surface area contributed by atoms with Gasteiger partial charge < -0.3 is 15.5 Å². The number of carbonyl (C=O) groups is 1. The van der Waals surface area contributed by atoms with Crippen LogP contribution in [0.1, 0.15) is 30.9 Å². The van der Waals surface area contributed by atoms with Crippen LogP contribution in [0.5, 0.6) is 0 Å². The molecule has 0 aromatic heterocycles. The Balaban J connectivity index is 0.00000242. The summed E-state index contributed by atoms with van der Waals surface area (Å²) < 4.78 is 0. The molecule has 4 nitrogen and oxygen atoms in total. The quantitative estimate of drug-likeness (QED) is 0.818. The molecule has 1 saturated heterocycles. The second-order valence-corrected chi connectivity index (χ2v) is 6.09. The number of nitrogens with one attached hydrogen (secondary N) is 2. The zero-order valence-electron chi connectivity index (χ0n) is 14.0. The molecule has 1 aromatic carbocycles. The summed E-state index contributed by atoms with van der Waals surface area (Å²) in [7, 11) is 4.10. The third-order valence-corrected chi connectivity index (χ3v) is 4.23. The molecule has 0 saturated carbocycles. The molecule has 1 amide bonds. The molecular formula is C17H29Cl2N3O. The number of amides is 1. The average molecular weight is 362 g/mol. The second kappa shape index (κ2) is 11.7. The van der Waals surface area contributed by atoms with Crippen molar-refractivity contribution in [3.8, 4) is 0 Å². The highest BCUT2D eigenvalue weighted by Crippen LogP contribution is 2.18. The average Bonchev–Trinajstić information content (AvgIpc) is 2.49. The summed E-state index contributed by atoms with van der Waals surface area (Å²) in [6, 6.07) is 10.6. The molecule has 1 aromatic rings. The maximum absolute atomic E-state index is 12.1. The van der Waals surface area contributed by atoms with Crippen molar-refractivity contribution in [3.05, 3.63) is 35.9 Å². The number of carbonyl (C=O) groups excluding carboxylic acids is 1. The lowest BCUT2D eigenvalue weighted by atomic mass is 9.94. The summed E-state index contributed by atoms with van der Waals surface area (Å²) in [5.41, 5.74) is 1.24. The van der Waals surface area contributed by atoms with E-state index >= 15 is 0 Å². The first-order valence-electron chi connectivity index (χ1n) is 7.85. The van der Waals surface area contributed by atoms with Gasteiger partial charge in [-0.05, 0) is 51.5 Å². The van der Waals surface area contributed by atoms with Crippen LogP contribution in [-0.4, -0.2) is 44.5 Å². The van der Waals surface area contributed by atoms with Crippen molar-refractivity contribution in [2.45, 2.75) is 25.3 Å². The van der Waals surface area contributed by atoms with E-state index in [4.69, 9.17) is 0 Å². The minimum Gasteiger partial charge on any atom is -0.354 e. The van der Waals surface area contributed by atoms with Crippen molar-refractivity contribution < 1.29 is 4.79 Å². The first-order chi connectivity index (χ1) is 10.2. The highest BCUT2D eigenvalue weighted by Gasteiger charge is 2.19. The maximum Gasteiger partial charge on any atom is 0.220 e. The van der Waals surface area contributed by atoms with Gasteiger partial charge in [0.05, 0.1) is 6.04 Å². The summed E-state index contributed by atoms with van der Waals surface area (Å²) in [6.07, 6.45) is 2.89. The molecule has 1 aliphatic heterocycles. The standard InChI is InChI=1S/C17H27N3O.2ClH/c1-20(2)16(15-6-4-3-5-7-15)13-19-17(21)12-14-8-10-18-11-9-14;;/h3-7,14,16,18H,8-13H2,1-2H3,(H,19,21);2*1H. The number of benzene rings is 1. The summed E-state index contributed by atoms with van der Waals surface area (Å²) >= 11 is 0. The van der Waals surface area contributed by atoms with E-state index < -0.39 is 0 Å². The number of likely N-dealkylation sites (N-methyl/N-ethyl adjacent to an activating group) is 1. The highest BCUT2D eigenvalue weighted by atomic mass is 35.5. The highest BCUT2D eigenvalue weighted by molar-refractivity contribution is 5.85. The van der Waals surface area contributed by atoms with Crippen molar-refractivity contribution in [3.63, 3.8) is 0 Å². The van der Waals surface area contributed by atoms with E-state index in [1.165, 1.54) is 5.56 Å². The monoisotopic (exact) mass is 361 g/mol. The molecule has 1 unspecified atom stereocenters. The third kappa shape index (κ3) is 7.53. The number of rotatable bonds is 6. The van der Waals surface area contributed by atoms with Gasteiger partial charge in [0.25, 0.3) is 0 Å². The van der Waals surface area contributed by atoms with Crippen molar-refractivity contribution in [2.75, 3.05) is 33.7 Å². The lowest BCUT2D eigenvalue weighted by Gasteiger charge is -2.26. The molecule has 2 N–H and O–H groups in total. The molecule has 6 heteroatoms. The molecule has 2 rings (SSSR count). The third-order valence-electron chi connectivity index (χ3n) is 4.23. The minimum atomic E-state index is 0. The Bertz CT molecular complexity index is 437. The Hall–Kier alpha value is -0.810. The molecule has 23 heavy (non-hydrogen) atoms. The Morgan fingerprint density at radius 3 is 2.39 bits per heavy atom. The first-order valence-corrected chi connectivity index (χ1v) is 7.85. The van der Waals surface area contributed by atoms with E-state index in [0.717, 1.165) is 25.9 Å². The molecule has 0 aliphatic carbocycles. The second-order valence-electron chi connectivity index (χ2n) is 6.09. The summed E-state index contributed by atoms with van der Waals surface area (Å²) in [4.78, 5) is 14.3. The molecular weight excluding hydrogens is 333 g/mol. The van der Waals surface area contributed by atoms with Crippen molar-refractivity contribution in [2.24, 2.45) is 5.92 Å². The zero-order valence-corrected chi connectivity index (χ0v) is 15.6. The van der Waals surface area contributed by atoms with Gasteiger partial charge in [-0.25, -0.2) is 0 Å². The van der Waals surface area contributed by atoms with Crippen molar-refractivity contribution in [1.29, 1.82) is 0 Å². The van der Waals surface area contributed by atoms with E-state index in [9.17, 15) is 4.79 Å². The summed E-state index contributed by atoms with van der Waals surface area (Å²) in [5.74, 6) is 0.727. The van der Waals surface area contributed by atoms with E-state index in [-0.39, 0.29) is 36.8 Å². The fourth-order valence-corrected chi connectivity index (χ4v) is 2.90. The summed E-state index contributed by atoms with van der Waals surface area (Å²) in [6.45, 7) is 2.76. The molecule has 0 radical (unpaired) electrons. The largest absolute Gasteiger partial charge is 0.354 e. The minimum absolute atomic E-state index is 0. The van der Waals surface area contributed by atoms with E-state index in [2.05, 4.69) is 41.8 Å². The van der Waals surface area contributed by atoms with Crippen LogP contribution in [-0.2, 0) is 4.79 Å². The maximum atomic E-state index is 12.1. The van der Waals surface area contributed by atoms with Crippen LogP contribution < -0.4 is 10.6 Å². The van der Waals surface area contributed by atoms with Gasteiger partial charge >= 0.3 is 0 Å². The van der Waals surface area contributed by atoms with Crippen molar-refractivity contribution in [1.82, 2.24) is 15.5 Å². The van der Waals surface area contributed by atoms with Crippen LogP contribution in [0.25, 0.3) is 0 Å². The van der Waals surface area contributed by atoms with Gasteiger partial charge in [-0.3, -0.25) is 4.79 Å². The van der Waals surface area contributed by atoms with Gasteiger partial charge in [-0.2, -0.15) is 0 Å². The predicted octanol–water partition coefficient (Wildman–Crippen LogP) is 2.64. The molecule has 1 heterocycles. The van der Waals surface area contributed by atoms with Crippen LogP contribution in [0.4, 0.5) is 0 Å². The number of halogens is 2. The van der Waals surface area contributed by atoms with Gasteiger partial charge in [-0.1, -0.05) is 30.3 Å². The molecule has 132 valence electrons. The molecule has 0 spiro atoms. The van der Waals surface area contributed by atoms with Crippen LogP contribution >= 0.6 is 24.8 Å². The number of hydrogen-bond acceptors (Lipinski definition) is 3. The van der Waals surface area contributed by atoms with Gasteiger partial charge in [0.1, 0.15) is 0 Å². The zero-order chi connectivity index (χ0) is 15.1. The summed E-state index contributed by atoms with van der Waals surface area (Å²) in [5, 5.41) is 6.45. The Morgan fingerprint density at radius 2 is 1.83 bits per heavy atom. The van der Waals surface area contributed by atoms with Crippen LogP contribution in [0.15, 0.2) is 30.3 Å². The lowest BCUT2D eigenvalue weighted by Crippen LogP contribution is -2.36. The Labute approximate surface area is 152 Å². The van der Waals surface area contributed by atoms with E-state index in [1.807, 2.05) is 18.2 Å². The topological polar surface area (TPSA) is 44.4 Å². The van der Waals surface area contributed by atoms with Gasteiger partial charge in [0.2, 0.25) is 5.91 Å². The normalized spacial score (nSPS) is 16.1. The van der Waals surface area contributed by atoms with Crippen LogP contribution in [0.2, 0.25) is 0 Å². The molecule has 0 bridgehead atoms. The Kier molecular flexibility index (Phi) is 11.3. The van der Waals surface area contributed by atoms with Gasteiger partial charge in [0.15, 0.2) is 0 Å². The molecule has 1 aliphatic rings. The van der Waals surface area contributed by atoms with Crippen LogP contribution in [0, 0.1) is 5.92 Å². The number of nitrogens with zero attached hydrogens (tertiary/aromatic N) is 1. The predicted molar refractivity (Wildman–Crippen MR) is 101 cm³/mol. The Morgan fingerprint density at radius 1 is 1.22 bits per heavy atom. The van der Waals surface area contributed by atoms with Crippen LogP contribution in [0.3, 0.4) is 0 Å². The van der Waals surface area contributed by atoms with Crippen molar-refractivity contribution >= 4 is 30.7 Å². The SMILES string of the molecule is CN(C)C(CNC(=O)CC1CCNCC1)c1ccccc1.Cl.Cl. The fourth-order valence-electron chi connectivity index (χ4n) is 2.90. The smallest absolute Gasteiger partial charge is 0.220 e. The van der Waals surface area contributed by atoms with E-state index in [0.29, 0.717) is 18.9 Å². The first kappa shape index (κ1) is 22.2.